The second-order valence-electron chi connectivity index (χ2n) is 6.65. The van der Waals surface area contributed by atoms with Gasteiger partial charge < -0.3 is 5.43 Å². The average Bonchev–Trinajstić information content (AvgIpc) is 2.37. The van der Waals surface area contributed by atoms with Crippen LogP contribution >= 0.6 is 0 Å². The van der Waals surface area contributed by atoms with Crippen molar-refractivity contribution in [1.82, 2.24) is 10.2 Å². The van der Waals surface area contributed by atoms with Crippen LogP contribution < -0.4 is 11.3 Å². The topological polar surface area (TPSA) is 63.8 Å². The first-order valence-electron chi connectivity index (χ1n) is 7.08. The predicted octanol–water partition coefficient (Wildman–Crippen LogP) is 2.23. The molecule has 0 atom stereocenters. The van der Waals surface area contributed by atoms with E-state index in [4.69, 9.17) is 5.84 Å². The standard InChI is InChI=1S/C14H20N4/c15-16-13-2-1-12(17-18-13)14-6-9-3-10(7-14)5-11(4-9)8-14/h1-2,9-11H,3-8,15H2,(H,16,18). The number of aromatic nitrogens is 2. The van der Waals surface area contributed by atoms with Crippen molar-refractivity contribution in [2.45, 2.75) is 43.9 Å². The number of rotatable bonds is 2. The second kappa shape index (κ2) is 3.67. The van der Waals surface area contributed by atoms with E-state index in [1.807, 2.05) is 6.07 Å². The van der Waals surface area contributed by atoms with Crippen LogP contribution in [0.1, 0.15) is 44.2 Å². The van der Waals surface area contributed by atoms with Crippen LogP contribution in [-0.2, 0) is 5.41 Å². The van der Waals surface area contributed by atoms with Crippen LogP contribution in [0.2, 0.25) is 0 Å². The number of nitrogens with zero attached hydrogens (tertiary/aromatic N) is 2. The van der Waals surface area contributed by atoms with Crippen molar-refractivity contribution in [3.63, 3.8) is 0 Å². The summed E-state index contributed by atoms with van der Waals surface area (Å²) in [5.74, 6) is 8.86. The minimum absolute atomic E-state index is 0.342. The zero-order chi connectivity index (χ0) is 12.2. The highest BCUT2D eigenvalue weighted by Gasteiger charge is 2.52. The molecule has 4 nitrogen and oxygen atoms in total. The largest absolute Gasteiger partial charge is 0.307 e. The summed E-state index contributed by atoms with van der Waals surface area (Å²) in [4.78, 5) is 0. The highest BCUT2D eigenvalue weighted by atomic mass is 15.3. The Morgan fingerprint density at radius 2 is 1.61 bits per heavy atom. The minimum Gasteiger partial charge on any atom is -0.307 e. The molecule has 4 bridgehead atoms. The lowest BCUT2D eigenvalue weighted by molar-refractivity contribution is -0.00757. The Morgan fingerprint density at radius 1 is 1.00 bits per heavy atom. The molecule has 0 unspecified atom stereocenters. The Balaban J connectivity index is 1.70. The van der Waals surface area contributed by atoms with Crippen molar-refractivity contribution >= 4 is 5.82 Å². The van der Waals surface area contributed by atoms with Gasteiger partial charge in [0.2, 0.25) is 0 Å². The summed E-state index contributed by atoms with van der Waals surface area (Å²) in [6.07, 6.45) is 8.41. The minimum atomic E-state index is 0.342. The first-order valence-corrected chi connectivity index (χ1v) is 7.08. The van der Waals surface area contributed by atoms with Crippen LogP contribution in [0, 0.1) is 17.8 Å². The lowest BCUT2D eigenvalue weighted by Gasteiger charge is -2.56. The Labute approximate surface area is 107 Å². The third-order valence-corrected chi connectivity index (χ3v) is 5.39. The molecule has 5 rings (SSSR count). The van der Waals surface area contributed by atoms with E-state index in [0.29, 0.717) is 11.2 Å². The van der Waals surface area contributed by atoms with Crippen molar-refractivity contribution in [3.8, 4) is 0 Å². The summed E-state index contributed by atoms with van der Waals surface area (Å²) in [6, 6.07) is 4.09. The normalized spacial score (nSPS) is 41.1. The van der Waals surface area contributed by atoms with E-state index in [-0.39, 0.29) is 0 Å². The number of nitrogens with one attached hydrogen (secondary N) is 1. The Bertz CT molecular complexity index is 418. The number of nitrogen functional groups attached to an aromatic ring is 1. The molecule has 4 aliphatic rings. The van der Waals surface area contributed by atoms with E-state index >= 15 is 0 Å². The highest BCUT2D eigenvalue weighted by Crippen LogP contribution is 2.60. The van der Waals surface area contributed by atoms with E-state index in [2.05, 4.69) is 21.7 Å². The van der Waals surface area contributed by atoms with Crippen LogP contribution in [0.5, 0.6) is 0 Å². The summed E-state index contributed by atoms with van der Waals surface area (Å²) < 4.78 is 0. The molecule has 18 heavy (non-hydrogen) atoms. The summed E-state index contributed by atoms with van der Waals surface area (Å²) in [5, 5.41) is 8.62. The zero-order valence-electron chi connectivity index (χ0n) is 10.6. The Hall–Kier alpha value is -1.16. The lowest BCUT2D eigenvalue weighted by atomic mass is 9.49. The average molecular weight is 244 g/mol. The third-order valence-electron chi connectivity index (χ3n) is 5.39. The molecule has 4 fully saturated rings. The summed E-state index contributed by atoms with van der Waals surface area (Å²) in [6.45, 7) is 0. The number of hydrogen-bond donors (Lipinski definition) is 2. The molecule has 4 heteroatoms. The first-order chi connectivity index (χ1) is 8.77. The molecule has 0 radical (unpaired) electrons. The fourth-order valence-electron chi connectivity index (χ4n) is 5.12. The van der Waals surface area contributed by atoms with Crippen LogP contribution in [0.15, 0.2) is 12.1 Å². The van der Waals surface area contributed by atoms with E-state index < -0.39 is 0 Å². The van der Waals surface area contributed by atoms with Gasteiger partial charge in [-0.05, 0) is 68.4 Å². The first kappa shape index (κ1) is 10.7. The van der Waals surface area contributed by atoms with Crippen molar-refractivity contribution in [1.29, 1.82) is 0 Å². The molecule has 1 heterocycles. The number of anilines is 1. The number of hydrazine groups is 1. The molecule has 0 spiro atoms. The van der Waals surface area contributed by atoms with Gasteiger partial charge in [-0.3, -0.25) is 0 Å². The molecule has 1 aromatic heterocycles. The summed E-state index contributed by atoms with van der Waals surface area (Å²) >= 11 is 0. The van der Waals surface area contributed by atoms with E-state index in [9.17, 15) is 0 Å². The fraction of sp³-hybridized carbons (Fsp3) is 0.714. The van der Waals surface area contributed by atoms with Crippen molar-refractivity contribution in [2.24, 2.45) is 23.6 Å². The van der Waals surface area contributed by atoms with Crippen LogP contribution in [-0.4, -0.2) is 10.2 Å². The van der Waals surface area contributed by atoms with Crippen molar-refractivity contribution in [2.75, 3.05) is 5.43 Å². The molecule has 96 valence electrons. The fourth-order valence-corrected chi connectivity index (χ4v) is 5.12. The number of hydrogen-bond acceptors (Lipinski definition) is 4. The molecule has 0 saturated heterocycles. The van der Waals surface area contributed by atoms with Crippen LogP contribution in [0.25, 0.3) is 0 Å². The molecule has 0 aliphatic heterocycles. The maximum atomic E-state index is 5.35. The van der Waals surface area contributed by atoms with E-state index in [1.165, 1.54) is 44.2 Å². The van der Waals surface area contributed by atoms with Gasteiger partial charge in [-0.2, -0.15) is 5.10 Å². The zero-order valence-corrected chi connectivity index (χ0v) is 10.6. The maximum absolute atomic E-state index is 5.35. The van der Waals surface area contributed by atoms with Gasteiger partial charge in [-0.1, -0.05) is 0 Å². The number of nitrogens with two attached hydrogens (primary N) is 1. The van der Waals surface area contributed by atoms with Gasteiger partial charge in [0.25, 0.3) is 0 Å². The Kier molecular flexibility index (Phi) is 2.19. The molecule has 0 amide bonds. The van der Waals surface area contributed by atoms with Gasteiger partial charge in [0.05, 0.1) is 5.69 Å². The molecular formula is C14H20N4. The summed E-state index contributed by atoms with van der Waals surface area (Å²) in [5.41, 5.74) is 4.11. The lowest BCUT2D eigenvalue weighted by Crippen LogP contribution is -2.49. The second-order valence-corrected chi connectivity index (χ2v) is 6.65. The third kappa shape index (κ3) is 1.48. The van der Waals surface area contributed by atoms with E-state index in [0.717, 1.165) is 17.8 Å². The molecular weight excluding hydrogens is 224 g/mol. The predicted molar refractivity (Wildman–Crippen MR) is 69.7 cm³/mol. The Morgan fingerprint density at radius 3 is 2.06 bits per heavy atom. The molecule has 1 aromatic rings. The van der Waals surface area contributed by atoms with Gasteiger partial charge in [0.15, 0.2) is 5.82 Å². The van der Waals surface area contributed by atoms with Gasteiger partial charge in [-0.25, -0.2) is 5.84 Å². The van der Waals surface area contributed by atoms with Gasteiger partial charge in [0, 0.05) is 5.41 Å². The summed E-state index contributed by atoms with van der Waals surface area (Å²) in [7, 11) is 0. The van der Waals surface area contributed by atoms with Gasteiger partial charge in [0.1, 0.15) is 0 Å². The van der Waals surface area contributed by atoms with Crippen LogP contribution in [0.3, 0.4) is 0 Å². The quantitative estimate of drug-likeness (QED) is 0.618. The van der Waals surface area contributed by atoms with Crippen molar-refractivity contribution < 1.29 is 0 Å². The maximum Gasteiger partial charge on any atom is 0.162 e. The smallest absolute Gasteiger partial charge is 0.162 e. The molecule has 4 saturated carbocycles. The van der Waals surface area contributed by atoms with Gasteiger partial charge in [-0.15, -0.1) is 5.10 Å². The van der Waals surface area contributed by atoms with Crippen molar-refractivity contribution in [3.05, 3.63) is 17.8 Å². The SMILES string of the molecule is NNc1ccc(C23CC4CC(CC(C4)C2)C3)nn1. The monoisotopic (exact) mass is 244 g/mol. The van der Waals surface area contributed by atoms with E-state index in [1.54, 1.807) is 0 Å². The van der Waals surface area contributed by atoms with Crippen LogP contribution in [0.4, 0.5) is 5.82 Å². The van der Waals surface area contributed by atoms with Gasteiger partial charge >= 0.3 is 0 Å². The molecule has 4 aliphatic carbocycles. The highest BCUT2D eigenvalue weighted by molar-refractivity contribution is 5.33. The molecule has 3 N–H and O–H groups in total. The molecule has 0 aromatic carbocycles.